The van der Waals surface area contributed by atoms with Crippen molar-refractivity contribution in [2.24, 2.45) is 5.10 Å². The normalized spacial score (nSPS) is 21.3. The van der Waals surface area contributed by atoms with E-state index in [0.717, 1.165) is 27.9 Å². The number of halogens is 1. The van der Waals surface area contributed by atoms with E-state index in [1.807, 2.05) is 18.2 Å². The Hall–Kier alpha value is -2.11. The summed E-state index contributed by atoms with van der Waals surface area (Å²) in [5.41, 5.74) is 3.45. The van der Waals surface area contributed by atoms with Crippen LogP contribution in [0.25, 0.3) is 0 Å². The van der Waals surface area contributed by atoms with Crippen molar-refractivity contribution < 1.29 is 4.74 Å². The summed E-state index contributed by atoms with van der Waals surface area (Å²) in [5.74, 6) is 0.955. The first-order chi connectivity index (χ1) is 12.3. The maximum Gasteiger partial charge on any atom is 0.213 e. The zero-order valence-electron chi connectivity index (χ0n) is 13.3. The van der Waals surface area contributed by atoms with E-state index in [4.69, 9.17) is 9.84 Å². The van der Waals surface area contributed by atoms with Crippen LogP contribution < -0.4 is 4.74 Å². The fourth-order valence-corrected chi connectivity index (χ4v) is 4.64. The number of hydrogen-bond acceptors (Lipinski definition) is 4. The maximum atomic E-state index is 6.35. The third-order valence-electron chi connectivity index (χ3n) is 4.64. The Morgan fingerprint density at radius 3 is 2.84 bits per heavy atom. The molecule has 0 saturated carbocycles. The number of fused-ring (bicyclic) bond motifs is 3. The van der Waals surface area contributed by atoms with Crippen LogP contribution in [0.4, 0.5) is 0 Å². The van der Waals surface area contributed by atoms with Crippen molar-refractivity contribution in [2.75, 3.05) is 0 Å². The van der Waals surface area contributed by atoms with E-state index in [1.54, 1.807) is 11.3 Å². The average molecular weight is 411 g/mol. The van der Waals surface area contributed by atoms with E-state index in [0.29, 0.717) is 0 Å². The van der Waals surface area contributed by atoms with Crippen LogP contribution in [0, 0.1) is 0 Å². The summed E-state index contributed by atoms with van der Waals surface area (Å²) in [6.07, 6.45) is 0.695. The molecule has 3 heterocycles. The van der Waals surface area contributed by atoms with Gasteiger partial charge in [0.1, 0.15) is 5.75 Å². The van der Waals surface area contributed by atoms with E-state index in [-0.39, 0.29) is 12.3 Å². The molecule has 5 heteroatoms. The molecule has 2 unspecified atom stereocenters. The second kappa shape index (κ2) is 6.00. The second-order valence-corrected chi connectivity index (χ2v) is 8.05. The Labute approximate surface area is 158 Å². The molecule has 2 aliphatic heterocycles. The van der Waals surface area contributed by atoms with Gasteiger partial charge in [0.15, 0.2) is 0 Å². The van der Waals surface area contributed by atoms with Crippen LogP contribution in [-0.4, -0.2) is 10.7 Å². The summed E-state index contributed by atoms with van der Waals surface area (Å²) in [7, 11) is 0. The number of hydrazone groups is 1. The molecule has 0 N–H and O–H groups in total. The van der Waals surface area contributed by atoms with Crippen LogP contribution in [0.2, 0.25) is 0 Å². The summed E-state index contributed by atoms with van der Waals surface area (Å²) in [6, 6.07) is 21.0. The monoisotopic (exact) mass is 410 g/mol. The van der Waals surface area contributed by atoms with Gasteiger partial charge in [-0.25, -0.2) is 5.01 Å². The highest BCUT2D eigenvalue weighted by Gasteiger charge is 2.40. The summed E-state index contributed by atoms with van der Waals surface area (Å²) in [4.78, 5) is 1.24. The van der Waals surface area contributed by atoms with Crippen molar-refractivity contribution in [2.45, 2.75) is 18.7 Å². The van der Waals surface area contributed by atoms with Crippen molar-refractivity contribution in [1.29, 1.82) is 0 Å². The second-order valence-electron chi connectivity index (χ2n) is 6.19. The number of ether oxygens (including phenoxy) is 1. The first-order valence-electron chi connectivity index (χ1n) is 8.20. The Bertz CT molecular complexity index is 954. The molecule has 3 nitrogen and oxygen atoms in total. The first kappa shape index (κ1) is 15.2. The highest BCUT2D eigenvalue weighted by Crippen LogP contribution is 2.47. The van der Waals surface area contributed by atoms with Gasteiger partial charge in [0.2, 0.25) is 6.23 Å². The highest BCUT2D eigenvalue weighted by atomic mass is 79.9. The molecule has 0 amide bonds. The lowest BCUT2D eigenvalue weighted by Gasteiger charge is -2.38. The Balaban J connectivity index is 1.62. The van der Waals surface area contributed by atoms with Crippen LogP contribution in [0.3, 0.4) is 0 Å². The molecule has 25 heavy (non-hydrogen) atoms. The van der Waals surface area contributed by atoms with E-state index in [9.17, 15) is 0 Å². The van der Waals surface area contributed by atoms with Crippen molar-refractivity contribution in [3.63, 3.8) is 0 Å². The van der Waals surface area contributed by atoms with E-state index in [1.165, 1.54) is 10.4 Å². The lowest BCUT2D eigenvalue weighted by Crippen LogP contribution is -2.33. The van der Waals surface area contributed by atoms with Gasteiger partial charge in [-0.1, -0.05) is 52.3 Å². The number of benzene rings is 2. The van der Waals surface area contributed by atoms with Gasteiger partial charge in [0.25, 0.3) is 0 Å². The molecule has 5 rings (SSSR count). The molecule has 1 aromatic heterocycles. The molecule has 0 radical (unpaired) electrons. The third-order valence-corrected chi connectivity index (χ3v) is 6.05. The summed E-state index contributed by atoms with van der Waals surface area (Å²) in [6.45, 7) is 0. The molecular formula is C20H15BrN2OS. The number of rotatable bonds is 2. The fraction of sp³-hybridized carbons (Fsp3) is 0.150. The molecule has 2 aromatic carbocycles. The summed E-state index contributed by atoms with van der Waals surface area (Å²) >= 11 is 5.31. The van der Waals surface area contributed by atoms with Crippen LogP contribution in [0.1, 0.15) is 34.7 Å². The smallest absolute Gasteiger partial charge is 0.213 e. The molecular weight excluding hydrogens is 396 g/mol. The Morgan fingerprint density at radius 1 is 1.08 bits per heavy atom. The third kappa shape index (κ3) is 2.58. The van der Waals surface area contributed by atoms with Crippen molar-refractivity contribution in [3.8, 4) is 5.75 Å². The molecule has 0 aliphatic carbocycles. The largest absolute Gasteiger partial charge is 0.464 e. The number of hydrogen-bond donors (Lipinski definition) is 0. The van der Waals surface area contributed by atoms with Crippen molar-refractivity contribution >= 4 is 33.0 Å². The van der Waals surface area contributed by atoms with Gasteiger partial charge in [-0.15, -0.1) is 11.3 Å². The van der Waals surface area contributed by atoms with Gasteiger partial charge < -0.3 is 4.74 Å². The van der Waals surface area contributed by atoms with Gasteiger partial charge in [0, 0.05) is 22.0 Å². The van der Waals surface area contributed by atoms with Crippen LogP contribution in [0.15, 0.2) is 75.6 Å². The Kier molecular flexibility index (Phi) is 3.64. The molecule has 3 aromatic rings. The lowest BCUT2D eigenvalue weighted by molar-refractivity contribution is -0.0190. The topological polar surface area (TPSA) is 24.8 Å². The lowest BCUT2D eigenvalue weighted by atomic mass is 9.98. The quantitative estimate of drug-likeness (QED) is 0.536. The standard InChI is InChI=1S/C20H15BrN2OS/c21-14-6-3-5-13(11-14)20-23-17(15-7-1-2-8-18(15)24-20)12-16(22-23)19-9-4-10-25-19/h1-11,17,20H,12H2. The summed E-state index contributed by atoms with van der Waals surface area (Å²) < 4.78 is 7.40. The minimum atomic E-state index is -0.213. The molecule has 2 aliphatic rings. The molecule has 0 fully saturated rings. The Morgan fingerprint density at radius 2 is 2.00 bits per heavy atom. The predicted octanol–water partition coefficient (Wildman–Crippen LogP) is 5.75. The van der Waals surface area contributed by atoms with Crippen LogP contribution in [0.5, 0.6) is 5.75 Å². The fourth-order valence-electron chi connectivity index (χ4n) is 3.51. The van der Waals surface area contributed by atoms with Gasteiger partial charge in [-0.05, 0) is 29.6 Å². The van der Waals surface area contributed by atoms with Gasteiger partial charge >= 0.3 is 0 Å². The minimum absolute atomic E-state index is 0.213. The molecule has 0 saturated heterocycles. The van der Waals surface area contributed by atoms with Crippen LogP contribution >= 0.6 is 27.3 Å². The molecule has 124 valence electrons. The number of para-hydroxylation sites is 1. The van der Waals surface area contributed by atoms with Crippen LogP contribution in [-0.2, 0) is 0 Å². The first-order valence-corrected chi connectivity index (χ1v) is 9.87. The number of nitrogens with zero attached hydrogens (tertiary/aromatic N) is 2. The van der Waals surface area contributed by atoms with Crippen molar-refractivity contribution in [1.82, 2.24) is 5.01 Å². The summed E-state index contributed by atoms with van der Waals surface area (Å²) in [5, 5.41) is 9.19. The van der Waals surface area contributed by atoms with E-state index < -0.39 is 0 Å². The highest BCUT2D eigenvalue weighted by molar-refractivity contribution is 9.10. The minimum Gasteiger partial charge on any atom is -0.464 e. The van der Waals surface area contributed by atoms with Gasteiger partial charge in [-0.3, -0.25) is 0 Å². The van der Waals surface area contributed by atoms with Crippen molar-refractivity contribution in [3.05, 3.63) is 86.5 Å². The average Bonchev–Trinajstić information content (AvgIpc) is 3.30. The molecule has 0 spiro atoms. The number of thiophene rings is 1. The zero-order chi connectivity index (χ0) is 16.8. The van der Waals surface area contributed by atoms with Gasteiger partial charge in [0.05, 0.1) is 16.6 Å². The maximum absolute atomic E-state index is 6.35. The predicted molar refractivity (Wildman–Crippen MR) is 104 cm³/mol. The van der Waals surface area contributed by atoms with E-state index >= 15 is 0 Å². The van der Waals surface area contributed by atoms with Gasteiger partial charge in [-0.2, -0.15) is 5.10 Å². The molecule has 0 bridgehead atoms. The SMILES string of the molecule is Brc1cccc(C2Oc3ccccc3C3CC(c4cccs4)=NN32)c1. The zero-order valence-corrected chi connectivity index (χ0v) is 15.7. The van der Waals surface area contributed by atoms with E-state index in [2.05, 4.69) is 68.8 Å². The molecule has 2 atom stereocenters.